The highest BCUT2D eigenvalue weighted by atomic mass is 35.5. The number of sulfonamides is 1. The van der Waals surface area contributed by atoms with E-state index >= 15 is 0 Å². The summed E-state index contributed by atoms with van der Waals surface area (Å²) in [4.78, 5) is 0. The molecule has 10 heteroatoms. The quantitative estimate of drug-likeness (QED) is 0.868. The predicted molar refractivity (Wildman–Crippen MR) is 78.5 cm³/mol. The normalized spacial score (nSPS) is 11.9. The van der Waals surface area contributed by atoms with Gasteiger partial charge in [0.05, 0.1) is 33.2 Å². The highest BCUT2D eigenvalue weighted by Crippen LogP contribution is 2.35. The van der Waals surface area contributed by atoms with Crippen molar-refractivity contribution >= 4 is 61.7 Å². The van der Waals surface area contributed by atoms with Crippen molar-refractivity contribution < 1.29 is 8.42 Å². The molecule has 0 amide bonds. The average molecular weight is 341 g/mol. The van der Waals surface area contributed by atoms with Crippen molar-refractivity contribution in [2.75, 3.05) is 17.0 Å². The van der Waals surface area contributed by atoms with Crippen molar-refractivity contribution in [3.8, 4) is 0 Å². The lowest BCUT2D eigenvalue weighted by Gasteiger charge is -2.10. The van der Waals surface area contributed by atoms with E-state index in [1.807, 2.05) is 0 Å². The Morgan fingerprint density at radius 1 is 1.26 bits per heavy atom. The van der Waals surface area contributed by atoms with Gasteiger partial charge in [0.2, 0.25) is 10.0 Å². The Morgan fingerprint density at radius 3 is 2.63 bits per heavy atom. The van der Waals surface area contributed by atoms with Crippen LogP contribution in [-0.4, -0.2) is 29.5 Å². The SMILES string of the molecule is NCCCS(=O)(=O)Nc1c(Cl)cc(Cl)c2nsnc12. The molecule has 0 spiro atoms. The van der Waals surface area contributed by atoms with Crippen molar-refractivity contribution in [1.29, 1.82) is 0 Å². The van der Waals surface area contributed by atoms with Gasteiger partial charge in [-0.3, -0.25) is 4.72 Å². The monoisotopic (exact) mass is 340 g/mol. The van der Waals surface area contributed by atoms with Gasteiger partial charge in [-0.05, 0) is 19.0 Å². The van der Waals surface area contributed by atoms with E-state index in [4.69, 9.17) is 28.9 Å². The van der Waals surface area contributed by atoms with E-state index in [2.05, 4.69) is 13.5 Å². The molecule has 1 aromatic heterocycles. The first-order chi connectivity index (χ1) is 8.94. The van der Waals surface area contributed by atoms with Crippen LogP contribution in [0.2, 0.25) is 10.0 Å². The standard InChI is InChI=1S/C9H10Cl2N4O2S2/c10-5-4-6(11)8(9-7(5)13-18-14-9)15-19(16,17)3-1-2-12/h4,15H,1-3,12H2. The van der Waals surface area contributed by atoms with Crippen LogP contribution in [-0.2, 0) is 10.0 Å². The maximum Gasteiger partial charge on any atom is 0.232 e. The third-order valence-electron chi connectivity index (χ3n) is 2.32. The van der Waals surface area contributed by atoms with E-state index in [0.29, 0.717) is 29.0 Å². The van der Waals surface area contributed by atoms with Gasteiger partial charge in [0.25, 0.3) is 0 Å². The molecule has 19 heavy (non-hydrogen) atoms. The Kier molecular flexibility index (Phi) is 4.46. The third-order valence-corrected chi connectivity index (χ3v) is 4.77. The molecule has 0 saturated carbocycles. The molecule has 0 bridgehead atoms. The summed E-state index contributed by atoms with van der Waals surface area (Å²) < 4.78 is 34.1. The fraction of sp³-hybridized carbons (Fsp3) is 0.333. The number of halogens is 2. The number of benzene rings is 1. The number of fused-ring (bicyclic) bond motifs is 1. The summed E-state index contributed by atoms with van der Waals surface area (Å²) in [6, 6.07) is 1.44. The topological polar surface area (TPSA) is 98.0 Å². The number of nitrogens with one attached hydrogen (secondary N) is 1. The third kappa shape index (κ3) is 3.26. The van der Waals surface area contributed by atoms with Gasteiger partial charge >= 0.3 is 0 Å². The maximum absolute atomic E-state index is 11.9. The summed E-state index contributed by atoms with van der Waals surface area (Å²) in [6.45, 7) is 0.295. The molecule has 0 radical (unpaired) electrons. The molecule has 0 atom stereocenters. The molecular formula is C9H10Cl2N4O2S2. The number of aromatic nitrogens is 2. The highest BCUT2D eigenvalue weighted by molar-refractivity contribution is 7.92. The zero-order valence-electron chi connectivity index (χ0n) is 9.56. The first-order valence-electron chi connectivity index (χ1n) is 5.25. The van der Waals surface area contributed by atoms with E-state index in [9.17, 15) is 8.42 Å². The van der Waals surface area contributed by atoms with Gasteiger partial charge < -0.3 is 5.73 Å². The minimum atomic E-state index is -3.52. The fourth-order valence-corrected chi connectivity index (χ4v) is 3.83. The molecule has 2 aromatic rings. The van der Waals surface area contributed by atoms with Crippen molar-refractivity contribution in [1.82, 2.24) is 8.75 Å². The van der Waals surface area contributed by atoms with Crippen LogP contribution >= 0.6 is 34.9 Å². The van der Waals surface area contributed by atoms with Gasteiger partial charge in [0, 0.05) is 0 Å². The van der Waals surface area contributed by atoms with E-state index in [0.717, 1.165) is 11.7 Å². The van der Waals surface area contributed by atoms with Crippen LogP contribution < -0.4 is 10.5 Å². The minimum Gasteiger partial charge on any atom is -0.330 e. The first-order valence-corrected chi connectivity index (χ1v) is 8.39. The highest BCUT2D eigenvalue weighted by Gasteiger charge is 2.18. The molecular weight excluding hydrogens is 331 g/mol. The number of nitrogens with zero attached hydrogens (tertiary/aromatic N) is 2. The van der Waals surface area contributed by atoms with Gasteiger partial charge in [-0.1, -0.05) is 23.2 Å². The molecule has 3 N–H and O–H groups in total. The molecule has 0 fully saturated rings. The maximum atomic E-state index is 11.9. The van der Waals surface area contributed by atoms with Crippen molar-refractivity contribution in [3.63, 3.8) is 0 Å². The summed E-state index contributed by atoms with van der Waals surface area (Å²) in [5, 5.41) is 0.514. The number of anilines is 1. The van der Waals surface area contributed by atoms with E-state index < -0.39 is 10.0 Å². The summed E-state index contributed by atoms with van der Waals surface area (Å²) >= 11 is 12.9. The minimum absolute atomic E-state index is 0.0818. The van der Waals surface area contributed by atoms with Crippen molar-refractivity contribution in [2.45, 2.75) is 6.42 Å². The number of hydrogen-bond donors (Lipinski definition) is 2. The molecule has 2 rings (SSSR count). The molecule has 0 unspecified atom stereocenters. The second-order valence-corrected chi connectivity index (χ2v) is 6.92. The summed E-state index contributed by atoms with van der Waals surface area (Å²) in [5.74, 6) is -0.0818. The largest absolute Gasteiger partial charge is 0.330 e. The molecule has 1 heterocycles. The van der Waals surface area contributed by atoms with Crippen LogP contribution in [0.3, 0.4) is 0 Å². The summed E-state index contributed by atoms with van der Waals surface area (Å²) in [5.41, 5.74) is 6.27. The number of hydrogen-bond acceptors (Lipinski definition) is 6. The van der Waals surface area contributed by atoms with Gasteiger partial charge in [-0.25, -0.2) is 8.42 Å². The molecule has 6 nitrogen and oxygen atoms in total. The van der Waals surface area contributed by atoms with Crippen LogP contribution in [0.4, 0.5) is 5.69 Å². The summed E-state index contributed by atoms with van der Waals surface area (Å²) in [7, 11) is -3.52. The molecule has 0 saturated heterocycles. The van der Waals surface area contributed by atoms with Gasteiger partial charge in [-0.15, -0.1) is 0 Å². The number of nitrogens with two attached hydrogens (primary N) is 1. The van der Waals surface area contributed by atoms with Crippen LogP contribution in [0.1, 0.15) is 6.42 Å². The Labute approximate surface area is 124 Å². The summed E-state index contributed by atoms with van der Waals surface area (Å²) in [6.07, 6.45) is 0.360. The zero-order chi connectivity index (χ0) is 14.0. The van der Waals surface area contributed by atoms with E-state index in [-0.39, 0.29) is 16.5 Å². The lowest BCUT2D eigenvalue weighted by Crippen LogP contribution is -2.19. The Hall–Kier alpha value is -0.670. The second kappa shape index (κ2) is 5.76. The van der Waals surface area contributed by atoms with E-state index in [1.54, 1.807) is 0 Å². The first kappa shape index (κ1) is 14.7. The van der Waals surface area contributed by atoms with Crippen molar-refractivity contribution in [2.24, 2.45) is 5.73 Å². The Bertz CT molecular complexity index is 702. The lowest BCUT2D eigenvalue weighted by molar-refractivity contribution is 0.599. The zero-order valence-corrected chi connectivity index (χ0v) is 12.7. The molecule has 0 aliphatic carbocycles. The Morgan fingerprint density at radius 2 is 1.95 bits per heavy atom. The van der Waals surface area contributed by atoms with Crippen LogP contribution in [0.15, 0.2) is 6.07 Å². The van der Waals surface area contributed by atoms with Gasteiger partial charge in [0.15, 0.2) is 0 Å². The Balaban J connectivity index is 2.43. The lowest BCUT2D eigenvalue weighted by atomic mass is 10.3. The molecule has 104 valence electrons. The van der Waals surface area contributed by atoms with Crippen LogP contribution in [0, 0.1) is 0 Å². The smallest absolute Gasteiger partial charge is 0.232 e. The van der Waals surface area contributed by atoms with Crippen LogP contribution in [0.25, 0.3) is 11.0 Å². The molecule has 1 aromatic carbocycles. The fourth-order valence-electron chi connectivity index (χ4n) is 1.45. The second-order valence-electron chi connectivity index (χ2n) is 3.74. The molecule has 0 aliphatic heterocycles. The van der Waals surface area contributed by atoms with Gasteiger partial charge in [0.1, 0.15) is 11.0 Å². The number of rotatable bonds is 5. The van der Waals surface area contributed by atoms with Crippen LogP contribution in [0.5, 0.6) is 0 Å². The predicted octanol–water partition coefficient (Wildman–Crippen LogP) is 2.09. The van der Waals surface area contributed by atoms with Gasteiger partial charge in [-0.2, -0.15) is 8.75 Å². The average Bonchev–Trinajstić information content (AvgIpc) is 2.81. The molecule has 0 aliphatic rings. The van der Waals surface area contributed by atoms with E-state index in [1.165, 1.54) is 6.07 Å². The van der Waals surface area contributed by atoms with Crippen molar-refractivity contribution in [3.05, 3.63) is 16.1 Å².